The molecule has 0 bridgehead atoms. The molecule has 1 aromatic heterocycles. The molecule has 1 heterocycles. The second-order valence-corrected chi connectivity index (χ2v) is 6.03. The molecular weight excluding hydrogens is 363 g/mol. The minimum absolute atomic E-state index is 0.256. The zero-order valence-electron chi connectivity index (χ0n) is 13.5. The molecule has 0 saturated carbocycles. The summed E-state index contributed by atoms with van der Waals surface area (Å²) < 4.78 is 10.5. The summed E-state index contributed by atoms with van der Waals surface area (Å²) in [6.45, 7) is 0. The highest BCUT2D eigenvalue weighted by atomic mass is 35.5. The fourth-order valence-corrected chi connectivity index (χ4v) is 2.80. The standard InChI is InChI=1S/C18H14Cl2N2O3/c1-24-15-8-12-14(9-16(15)25-2)21-17(22-18(12)23)13(20)7-10-4-3-5-11(19)6-10/h3-9H,1-2H3,(H,21,22,23)/b13-7-. The molecule has 0 saturated heterocycles. The number of nitrogens with one attached hydrogen (secondary N) is 1. The molecule has 0 aliphatic rings. The molecule has 0 unspecified atom stereocenters. The Morgan fingerprint density at radius 1 is 1.16 bits per heavy atom. The first-order valence-corrected chi connectivity index (χ1v) is 8.06. The molecule has 0 spiro atoms. The SMILES string of the molecule is COc1cc2nc(/C(Cl)=C/c3cccc(Cl)c3)[nH]c(=O)c2cc1OC. The van der Waals surface area contributed by atoms with E-state index in [4.69, 9.17) is 32.7 Å². The van der Waals surface area contributed by atoms with Crippen LogP contribution in [0.15, 0.2) is 41.2 Å². The summed E-state index contributed by atoms with van der Waals surface area (Å²) in [6, 6.07) is 10.4. The van der Waals surface area contributed by atoms with Crippen LogP contribution < -0.4 is 15.0 Å². The summed E-state index contributed by atoms with van der Waals surface area (Å²) in [4.78, 5) is 19.5. The van der Waals surface area contributed by atoms with Gasteiger partial charge in [0.15, 0.2) is 17.3 Å². The number of methoxy groups -OCH3 is 2. The Morgan fingerprint density at radius 3 is 2.56 bits per heavy atom. The average Bonchev–Trinajstić information content (AvgIpc) is 2.60. The Kier molecular flexibility index (Phi) is 4.97. The van der Waals surface area contributed by atoms with Crippen LogP contribution in [0.5, 0.6) is 11.5 Å². The predicted octanol–water partition coefficient (Wildman–Crippen LogP) is 4.33. The van der Waals surface area contributed by atoms with Gasteiger partial charge in [0.25, 0.3) is 5.56 Å². The van der Waals surface area contributed by atoms with Gasteiger partial charge in [-0.2, -0.15) is 0 Å². The Balaban J connectivity index is 2.12. The van der Waals surface area contributed by atoms with Crippen LogP contribution >= 0.6 is 23.2 Å². The van der Waals surface area contributed by atoms with Crippen LogP contribution in [0.4, 0.5) is 0 Å². The summed E-state index contributed by atoms with van der Waals surface area (Å²) in [5, 5.41) is 1.26. The predicted molar refractivity (Wildman–Crippen MR) is 101 cm³/mol. The van der Waals surface area contributed by atoms with Crippen LogP contribution in [-0.4, -0.2) is 24.2 Å². The van der Waals surface area contributed by atoms with Gasteiger partial charge in [0.05, 0.1) is 30.2 Å². The van der Waals surface area contributed by atoms with Crippen LogP contribution in [0.1, 0.15) is 11.4 Å². The molecule has 1 N–H and O–H groups in total. The molecule has 0 fully saturated rings. The summed E-state index contributed by atoms with van der Waals surface area (Å²) in [5.41, 5.74) is 0.931. The molecule has 7 heteroatoms. The van der Waals surface area contributed by atoms with Crippen molar-refractivity contribution < 1.29 is 9.47 Å². The first kappa shape index (κ1) is 17.3. The number of hydrogen-bond donors (Lipinski definition) is 1. The third-order valence-electron chi connectivity index (χ3n) is 3.58. The van der Waals surface area contributed by atoms with Gasteiger partial charge >= 0.3 is 0 Å². The molecule has 3 rings (SSSR count). The molecule has 0 radical (unpaired) electrons. The molecule has 25 heavy (non-hydrogen) atoms. The maximum atomic E-state index is 12.4. The molecule has 0 amide bonds. The lowest BCUT2D eigenvalue weighted by molar-refractivity contribution is 0.355. The molecule has 3 aromatic rings. The van der Waals surface area contributed by atoms with E-state index in [1.807, 2.05) is 12.1 Å². The van der Waals surface area contributed by atoms with E-state index in [0.29, 0.717) is 27.4 Å². The topological polar surface area (TPSA) is 64.2 Å². The number of aromatic amines is 1. The highest BCUT2D eigenvalue weighted by Gasteiger charge is 2.12. The number of ether oxygens (including phenoxy) is 2. The zero-order valence-corrected chi connectivity index (χ0v) is 15.0. The van der Waals surface area contributed by atoms with Gasteiger partial charge in [0.2, 0.25) is 0 Å². The first-order valence-electron chi connectivity index (χ1n) is 7.31. The van der Waals surface area contributed by atoms with E-state index < -0.39 is 0 Å². The highest BCUT2D eigenvalue weighted by Crippen LogP contribution is 2.30. The molecule has 0 aliphatic carbocycles. The van der Waals surface area contributed by atoms with Crippen LogP contribution in [0.25, 0.3) is 22.0 Å². The summed E-state index contributed by atoms with van der Waals surface area (Å²) in [6.07, 6.45) is 1.68. The third kappa shape index (κ3) is 3.62. The van der Waals surface area contributed by atoms with E-state index in [0.717, 1.165) is 5.56 Å². The van der Waals surface area contributed by atoms with Crippen molar-refractivity contribution in [3.8, 4) is 11.5 Å². The van der Waals surface area contributed by atoms with Gasteiger partial charge in [-0.05, 0) is 29.8 Å². The number of aromatic nitrogens is 2. The first-order chi connectivity index (χ1) is 12.0. The molecule has 0 aliphatic heterocycles. The van der Waals surface area contributed by atoms with Gasteiger partial charge in [-0.25, -0.2) is 4.98 Å². The van der Waals surface area contributed by atoms with E-state index in [1.165, 1.54) is 14.2 Å². The Labute approximate surface area is 153 Å². The minimum Gasteiger partial charge on any atom is -0.493 e. The zero-order chi connectivity index (χ0) is 18.0. The van der Waals surface area contributed by atoms with Gasteiger partial charge in [-0.1, -0.05) is 35.3 Å². The number of nitrogens with zero attached hydrogens (tertiary/aromatic N) is 1. The van der Waals surface area contributed by atoms with Crippen molar-refractivity contribution in [3.63, 3.8) is 0 Å². The quantitative estimate of drug-likeness (QED) is 0.735. The van der Waals surface area contributed by atoms with Crippen LogP contribution in [0, 0.1) is 0 Å². The van der Waals surface area contributed by atoms with E-state index >= 15 is 0 Å². The molecule has 0 atom stereocenters. The number of benzene rings is 2. The lowest BCUT2D eigenvalue weighted by atomic mass is 10.2. The monoisotopic (exact) mass is 376 g/mol. The lowest BCUT2D eigenvalue weighted by Crippen LogP contribution is -2.11. The average molecular weight is 377 g/mol. The molecular formula is C18H14Cl2N2O3. The second-order valence-electron chi connectivity index (χ2n) is 5.19. The van der Waals surface area contributed by atoms with Gasteiger partial charge < -0.3 is 14.5 Å². The lowest BCUT2D eigenvalue weighted by Gasteiger charge is -2.09. The Bertz CT molecular complexity index is 1030. The van der Waals surface area contributed by atoms with E-state index in [2.05, 4.69) is 9.97 Å². The van der Waals surface area contributed by atoms with Gasteiger partial charge in [-0.3, -0.25) is 4.79 Å². The Hall–Kier alpha value is -2.50. The molecule has 5 nitrogen and oxygen atoms in total. The fourth-order valence-electron chi connectivity index (χ4n) is 2.39. The summed E-state index contributed by atoms with van der Waals surface area (Å²) in [7, 11) is 3.02. The van der Waals surface area contributed by atoms with Crippen molar-refractivity contribution in [2.75, 3.05) is 14.2 Å². The van der Waals surface area contributed by atoms with E-state index in [9.17, 15) is 4.79 Å². The number of H-pyrrole nitrogens is 1. The van der Waals surface area contributed by atoms with Crippen molar-refractivity contribution in [2.45, 2.75) is 0 Å². The largest absolute Gasteiger partial charge is 0.493 e. The third-order valence-corrected chi connectivity index (χ3v) is 4.10. The van der Waals surface area contributed by atoms with E-state index in [-0.39, 0.29) is 16.4 Å². The van der Waals surface area contributed by atoms with Crippen molar-refractivity contribution in [1.29, 1.82) is 0 Å². The van der Waals surface area contributed by atoms with Crippen LogP contribution in [-0.2, 0) is 0 Å². The minimum atomic E-state index is -0.321. The van der Waals surface area contributed by atoms with Crippen molar-refractivity contribution in [2.24, 2.45) is 0 Å². The second kappa shape index (κ2) is 7.17. The van der Waals surface area contributed by atoms with Gasteiger partial charge in [-0.15, -0.1) is 0 Å². The smallest absolute Gasteiger partial charge is 0.259 e. The number of halogens is 2. The highest BCUT2D eigenvalue weighted by molar-refractivity contribution is 6.50. The number of hydrogen-bond acceptors (Lipinski definition) is 4. The van der Waals surface area contributed by atoms with Crippen LogP contribution in [0.2, 0.25) is 5.02 Å². The normalized spacial score (nSPS) is 11.6. The van der Waals surface area contributed by atoms with E-state index in [1.54, 1.807) is 30.3 Å². The maximum Gasteiger partial charge on any atom is 0.259 e. The number of rotatable bonds is 4. The summed E-state index contributed by atoms with van der Waals surface area (Å²) in [5.74, 6) is 1.19. The van der Waals surface area contributed by atoms with Crippen molar-refractivity contribution in [1.82, 2.24) is 9.97 Å². The maximum absolute atomic E-state index is 12.4. The fraction of sp³-hybridized carbons (Fsp3) is 0.111. The summed E-state index contributed by atoms with van der Waals surface area (Å²) >= 11 is 12.3. The van der Waals surface area contributed by atoms with Crippen LogP contribution in [0.3, 0.4) is 0 Å². The molecule has 2 aromatic carbocycles. The van der Waals surface area contributed by atoms with Crippen molar-refractivity contribution >= 4 is 45.2 Å². The van der Waals surface area contributed by atoms with Gasteiger partial charge in [0.1, 0.15) is 0 Å². The van der Waals surface area contributed by atoms with Crippen molar-refractivity contribution in [3.05, 3.63) is 63.2 Å². The molecule has 128 valence electrons. The van der Waals surface area contributed by atoms with Gasteiger partial charge in [0, 0.05) is 11.1 Å². The Morgan fingerprint density at radius 2 is 1.88 bits per heavy atom. The number of fused-ring (bicyclic) bond motifs is 1.